The number of nitrogen functional groups attached to an aromatic ring is 1. The minimum absolute atomic E-state index is 0.0221. The summed E-state index contributed by atoms with van der Waals surface area (Å²) in [6.07, 6.45) is 0. The fraction of sp³-hybridized carbons (Fsp3) is 0.133. The fourth-order valence-electron chi connectivity index (χ4n) is 2.29. The molecular weight excluding hydrogens is 323 g/mol. The van der Waals surface area contributed by atoms with Crippen molar-refractivity contribution in [1.29, 1.82) is 0 Å². The average Bonchev–Trinajstić information content (AvgIpc) is 2.47. The molecule has 1 heterocycles. The van der Waals surface area contributed by atoms with Gasteiger partial charge in [-0.05, 0) is 25.1 Å². The molecule has 2 rings (SSSR count). The van der Waals surface area contributed by atoms with E-state index >= 15 is 0 Å². The highest BCUT2D eigenvalue weighted by Crippen LogP contribution is 2.36. The summed E-state index contributed by atoms with van der Waals surface area (Å²) in [5.41, 5.74) is 2.20. The Morgan fingerprint density at radius 1 is 1.25 bits per heavy atom. The fourth-order valence-corrected chi connectivity index (χ4v) is 2.29. The Bertz CT molecular complexity index is 890. The molecule has 0 atom stereocenters. The second kappa shape index (κ2) is 6.41. The van der Waals surface area contributed by atoms with Crippen molar-refractivity contribution >= 4 is 17.8 Å². The molecule has 2 aromatic rings. The number of nitrogens with one attached hydrogen (secondary N) is 1. The molecule has 0 saturated heterocycles. The van der Waals surface area contributed by atoms with E-state index in [1.807, 2.05) is 4.98 Å². The van der Waals surface area contributed by atoms with Crippen molar-refractivity contribution in [2.45, 2.75) is 6.92 Å². The molecule has 0 aliphatic heterocycles. The lowest BCUT2D eigenvalue weighted by Crippen LogP contribution is -2.24. The van der Waals surface area contributed by atoms with Gasteiger partial charge < -0.3 is 25.7 Å². The highest BCUT2D eigenvalue weighted by molar-refractivity contribution is 6.08. The molecule has 24 heavy (non-hydrogen) atoms. The monoisotopic (exact) mass is 336 g/mol. The summed E-state index contributed by atoms with van der Waals surface area (Å²) in [6.45, 7) is 1.79. The molecule has 0 fully saturated rings. The molecule has 0 aliphatic carbocycles. The van der Waals surface area contributed by atoms with Gasteiger partial charge in [0.1, 0.15) is 28.5 Å². The Morgan fingerprint density at radius 3 is 2.42 bits per heavy atom. The molecule has 126 valence electrons. The number of carboxylic acids is 2. The predicted molar refractivity (Wildman–Crippen MR) is 82.0 cm³/mol. The maximum Gasteiger partial charge on any atom is 0.342 e. The van der Waals surface area contributed by atoms with Crippen LogP contribution in [0.15, 0.2) is 23.0 Å². The third-order valence-electron chi connectivity index (χ3n) is 3.18. The van der Waals surface area contributed by atoms with Gasteiger partial charge in [0.05, 0.1) is 6.61 Å². The number of ether oxygens (including phenoxy) is 1. The van der Waals surface area contributed by atoms with Crippen LogP contribution >= 0.6 is 0 Å². The molecule has 5 N–H and O–H groups in total. The molecule has 9 heteroatoms. The number of aromatic amines is 1. The maximum absolute atomic E-state index is 13.7. The van der Waals surface area contributed by atoms with Crippen molar-refractivity contribution in [1.82, 2.24) is 4.98 Å². The molecule has 1 aromatic heterocycles. The van der Waals surface area contributed by atoms with Gasteiger partial charge in [0.25, 0.3) is 5.56 Å². The number of aromatic carboxylic acids is 2. The normalized spacial score (nSPS) is 10.4. The number of carboxylic acid groups (broad SMARTS) is 2. The average molecular weight is 336 g/mol. The number of pyridine rings is 1. The van der Waals surface area contributed by atoms with Gasteiger partial charge in [-0.3, -0.25) is 4.79 Å². The standard InChI is InChI=1S/C15H13FN2O6/c1-2-24-8-4-3-6(16)5-7(8)9-10(14(20)21)12(17)18-13(19)11(9)15(22)23/h3-5H,2H2,1H3,(H,20,21)(H,22,23)(H3,17,18,19). The van der Waals surface area contributed by atoms with Crippen LogP contribution in [0.5, 0.6) is 5.75 Å². The lowest BCUT2D eigenvalue weighted by atomic mass is 9.94. The summed E-state index contributed by atoms with van der Waals surface area (Å²) in [5.74, 6) is -4.54. The van der Waals surface area contributed by atoms with Crippen molar-refractivity contribution in [2.24, 2.45) is 0 Å². The van der Waals surface area contributed by atoms with Crippen LogP contribution in [0, 0.1) is 5.82 Å². The van der Waals surface area contributed by atoms with E-state index in [0.29, 0.717) is 0 Å². The van der Waals surface area contributed by atoms with Crippen LogP contribution in [0.2, 0.25) is 0 Å². The van der Waals surface area contributed by atoms with Gasteiger partial charge >= 0.3 is 11.9 Å². The van der Waals surface area contributed by atoms with Gasteiger partial charge in [-0.2, -0.15) is 0 Å². The third kappa shape index (κ3) is 2.91. The van der Waals surface area contributed by atoms with Gasteiger partial charge in [-0.1, -0.05) is 0 Å². The summed E-state index contributed by atoms with van der Waals surface area (Å²) in [5, 5.41) is 18.7. The first kappa shape index (κ1) is 17.0. The largest absolute Gasteiger partial charge is 0.493 e. The number of hydrogen-bond acceptors (Lipinski definition) is 5. The quantitative estimate of drug-likeness (QED) is 0.648. The summed E-state index contributed by atoms with van der Waals surface area (Å²) < 4.78 is 19.0. The van der Waals surface area contributed by atoms with E-state index in [9.17, 15) is 29.0 Å². The lowest BCUT2D eigenvalue weighted by molar-refractivity contribution is 0.0695. The van der Waals surface area contributed by atoms with Gasteiger partial charge in [-0.25, -0.2) is 14.0 Å². The number of benzene rings is 1. The van der Waals surface area contributed by atoms with Gasteiger partial charge in [0, 0.05) is 11.1 Å². The van der Waals surface area contributed by atoms with E-state index in [0.717, 1.165) is 12.1 Å². The molecule has 0 aliphatic rings. The van der Waals surface area contributed by atoms with Crippen LogP contribution in [0.25, 0.3) is 11.1 Å². The SMILES string of the molecule is CCOc1ccc(F)cc1-c1c(C(=O)O)c(N)[nH]c(=O)c1C(=O)O. The Hall–Kier alpha value is -3.36. The van der Waals surface area contributed by atoms with E-state index in [1.165, 1.54) is 6.07 Å². The molecule has 0 bridgehead atoms. The zero-order valence-corrected chi connectivity index (χ0v) is 12.4. The number of rotatable bonds is 5. The van der Waals surface area contributed by atoms with Crippen molar-refractivity contribution in [3.8, 4) is 16.9 Å². The predicted octanol–water partition coefficient (Wildman–Crippen LogP) is 1.56. The number of anilines is 1. The molecule has 8 nitrogen and oxygen atoms in total. The van der Waals surface area contributed by atoms with Gasteiger partial charge in [0.15, 0.2) is 0 Å². The zero-order valence-electron chi connectivity index (χ0n) is 12.4. The Morgan fingerprint density at radius 2 is 1.88 bits per heavy atom. The zero-order chi connectivity index (χ0) is 18.0. The van der Waals surface area contributed by atoms with Crippen molar-refractivity contribution in [3.63, 3.8) is 0 Å². The van der Waals surface area contributed by atoms with Crippen molar-refractivity contribution in [2.75, 3.05) is 12.3 Å². The number of hydrogen-bond donors (Lipinski definition) is 4. The van der Waals surface area contributed by atoms with E-state index in [1.54, 1.807) is 6.92 Å². The van der Waals surface area contributed by atoms with E-state index in [2.05, 4.69) is 0 Å². The molecule has 0 saturated carbocycles. The molecular formula is C15H13FN2O6. The van der Waals surface area contributed by atoms with Crippen LogP contribution in [0.3, 0.4) is 0 Å². The minimum atomic E-state index is -1.68. The van der Waals surface area contributed by atoms with Crippen LogP contribution in [0.1, 0.15) is 27.6 Å². The van der Waals surface area contributed by atoms with E-state index < -0.39 is 45.8 Å². The summed E-state index contributed by atoms with van der Waals surface area (Å²) >= 11 is 0. The smallest absolute Gasteiger partial charge is 0.342 e. The van der Waals surface area contributed by atoms with E-state index in [4.69, 9.17) is 10.5 Å². The van der Waals surface area contributed by atoms with Crippen LogP contribution in [-0.4, -0.2) is 33.7 Å². The second-order valence-electron chi connectivity index (χ2n) is 4.68. The first-order chi connectivity index (χ1) is 11.3. The second-order valence-corrected chi connectivity index (χ2v) is 4.68. The van der Waals surface area contributed by atoms with Gasteiger partial charge in [0.2, 0.25) is 0 Å². The number of nitrogens with two attached hydrogens (primary N) is 1. The first-order valence-electron chi connectivity index (χ1n) is 6.73. The molecule has 0 radical (unpaired) electrons. The molecule has 0 amide bonds. The van der Waals surface area contributed by atoms with Crippen LogP contribution in [-0.2, 0) is 0 Å². The molecule has 0 unspecified atom stereocenters. The molecule has 0 spiro atoms. The summed E-state index contributed by atoms with van der Waals surface area (Å²) in [6, 6.07) is 3.16. The van der Waals surface area contributed by atoms with Crippen LogP contribution in [0.4, 0.5) is 10.2 Å². The van der Waals surface area contributed by atoms with Crippen molar-refractivity contribution in [3.05, 3.63) is 45.5 Å². The Balaban J connectivity index is 3.02. The lowest BCUT2D eigenvalue weighted by Gasteiger charge is -2.15. The van der Waals surface area contributed by atoms with Crippen molar-refractivity contribution < 1.29 is 28.9 Å². The number of carbonyl (C=O) groups is 2. The Labute approximate surface area is 134 Å². The molecule has 1 aromatic carbocycles. The summed E-state index contributed by atoms with van der Waals surface area (Å²) in [7, 11) is 0. The van der Waals surface area contributed by atoms with Crippen LogP contribution < -0.4 is 16.0 Å². The van der Waals surface area contributed by atoms with Gasteiger partial charge in [-0.15, -0.1) is 0 Å². The number of H-pyrrole nitrogens is 1. The highest BCUT2D eigenvalue weighted by atomic mass is 19.1. The minimum Gasteiger partial charge on any atom is -0.493 e. The highest BCUT2D eigenvalue weighted by Gasteiger charge is 2.28. The number of aromatic nitrogens is 1. The maximum atomic E-state index is 13.7. The first-order valence-corrected chi connectivity index (χ1v) is 6.73. The topological polar surface area (TPSA) is 143 Å². The third-order valence-corrected chi connectivity index (χ3v) is 3.18. The van der Waals surface area contributed by atoms with E-state index in [-0.39, 0.29) is 17.9 Å². The summed E-state index contributed by atoms with van der Waals surface area (Å²) in [4.78, 5) is 36.9. The number of halogens is 1. The Kier molecular flexibility index (Phi) is 4.54.